The molecule has 5 nitrogen and oxygen atoms in total. The fourth-order valence-corrected chi connectivity index (χ4v) is 2.05. The van der Waals surface area contributed by atoms with Gasteiger partial charge in [0.25, 0.3) is 0 Å². The van der Waals surface area contributed by atoms with E-state index in [1.807, 2.05) is 20.8 Å². The molecule has 2 unspecified atom stereocenters. The SMILES string of the molecule is COC(C)CN1C(=O)C(C(C)C)NC(=O)C1(C)C. The van der Waals surface area contributed by atoms with Crippen LogP contribution in [-0.2, 0) is 14.3 Å². The summed E-state index contributed by atoms with van der Waals surface area (Å²) in [5, 5.41) is 2.81. The molecule has 5 heteroatoms. The Kier molecular flexibility index (Phi) is 4.37. The normalized spacial score (nSPS) is 25.3. The average Bonchev–Trinajstić information content (AvgIpc) is 2.28. The zero-order valence-corrected chi connectivity index (χ0v) is 12.1. The molecule has 0 aliphatic carbocycles. The summed E-state index contributed by atoms with van der Waals surface area (Å²) in [5.41, 5.74) is -0.824. The Balaban J connectivity index is 2.99. The molecule has 0 radical (unpaired) electrons. The van der Waals surface area contributed by atoms with Gasteiger partial charge in [0.2, 0.25) is 11.8 Å². The fraction of sp³-hybridized carbons (Fsp3) is 0.846. The number of nitrogens with zero attached hydrogens (tertiary/aromatic N) is 1. The molecule has 2 amide bonds. The largest absolute Gasteiger partial charge is 0.380 e. The van der Waals surface area contributed by atoms with Crippen LogP contribution >= 0.6 is 0 Å². The highest BCUT2D eigenvalue weighted by atomic mass is 16.5. The van der Waals surface area contributed by atoms with Crippen molar-refractivity contribution in [3.8, 4) is 0 Å². The maximum absolute atomic E-state index is 12.4. The summed E-state index contributed by atoms with van der Waals surface area (Å²) in [6.45, 7) is 9.70. The van der Waals surface area contributed by atoms with E-state index in [0.717, 1.165) is 0 Å². The monoisotopic (exact) mass is 256 g/mol. The van der Waals surface area contributed by atoms with Crippen LogP contribution < -0.4 is 5.32 Å². The van der Waals surface area contributed by atoms with E-state index in [9.17, 15) is 9.59 Å². The molecule has 0 spiro atoms. The van der Waals surface area contributed by atoms with Gasteiger partial charge in [0.1, 0.15) is 11.6 Å². The first-order valence-electron chi connectivity index (χ1n) is 6.37. The smallest absolute Gasteiger partial charge is 0.246 e. The number of methoxy groups -OCH3 is 1. The molecule has 1 aliphatic rings. The third-order valence-electron chi connectivity index (χ3n) is 3.56. The van der Waals surface area contributed by atoms with Crippen LogP contribution in [0.4, 0.5) is 0 Å². The number of nitrogens with one attached hydrogen (secondary N) is 1. The van der Waals surface area contributed by atoms with Crippen LogP contribution in [0.3, 0.4) is 0 Å². The van der Waals surface area contributed by atoms with Gasteiger partial charge in [0.05, 0.1) is 6.10 Å². The number of carbonyl (C=O) groups excluding carboxylic acids is 2. The molecule has 1 aliphatic heterocycles. The van der Waals surface area contributed by atoms with Gasteiger partial charge < -0.3 is 15.0 Å². The van der Waals surface area contributed by atoms with Gasteiger partial charge >= 0.3 is 0 Å². The number of carbonyl (C=O) groups is 2. The highest BCUT2D eigenvalue weighted by Gasteiger charge is 2.47. The minimum absolute atomic E-state index is 0.0292. The zero-order chi connectivity index (χ0) is 14.1. The molecule has 104 valence electrons. The molecule has 1 heterocycles. The standard InChI is InChI=1S/C13H24N2O3/c1-8(2)10-11(16)15(7-9(3)18-6)13(4,5)12(17)14-10/h8-10H,7H2,1-6H3,(H,14,17). The summed E-state index contributed by atoms with van der Waals surface area (Å²) >= 11 is 0. The van der Waals surface area contributed by atoms with Crippen LogP contribution in [0, 0.1) is 5.92 Å². The Morgan fingerprint density at radius 2 is 1.89 bits per heavy atom. The summed E-state index contributed by atoms with van der Waals surface area (Å²) < 4.78 is 5.20. The number of amides is 2. The molecule has 0 bridgehead atoms. The van der Waals surface area contributed by atoms with Crippen molar-refractivity contribution in [2.45, 2.75) is 52.3 Å². The predicted octanol–water partition coefficient (Wildman–Crippen LogP) is 0.783. The summed E-state index contributed by atoms with van der Waals surface area (Å²) in [6, 6.07) is -0.436. The van der Waals surface area contributed by atoms with Gasteiger partial charge in [-0.15, -0.1) is 0 Å². The van der Waals surface area contributed by atoms with Crippen molar-refractivity contribution in [3.63, 3.8) is 0 Å². The Morgan fingerprint density at radius 1 is 1.33 bits per heavy atom. The Morgan fingerprint density at radius 3 is 2.33 bits per heavy atom. The quantitative estimate of drug-likeness (QED) is 0.809. The van der Waals surface area contributed by atoms with Gasteiger partial charge in [-0.3, -0.25) is 9.59 Å². The van der Waals surface area contributed by atoms with Crippen molar-refractivity contribution in [1.82, 2.24) is 10.2 Å². The van der Waals surface area contributed by atoms with Crippen LogP contribution in [0.25, 0.3) is 0 Å². The van der Waals surface area contributed by atoms with E-state index in [1.54, 1.807) is 25.9 Å². The molecule has 1 N–H and O–H groups in total. The van der Waals surface area contributed by atoms with Crippen molar-refractivity contribution in [3.05, 3.63) is 0 Å². The molecule has 1 saturated heterocycles. The van der Waals surface area contributed by atoms with Crippen LogP contribution in [0.15, 0.2) is 0 Å². The maximum atomic E-state index is 12.4. The van der Waals surface area contributed by atoms with E-state index in [0.29, 0.717) is 6.54 Å². The highest BCUT2D eigenvalue weighted by molar-refractivity contribution is 5.99. The summed E-state index contributed by atoms with van der Waals surface area (Å²) in [7, 11) is 1.60. The molecule has 1 fully saturated rings. The van der Waals surface area contributed by atoms with Gasteiger partial charge in [-0.25, -0.2) is 0 Å². The van der Waals surface area contributed by atoms with Gasteiger partial charge in [-0.1, -0.05) is 13.8 Å². The molecule has 0 aromatic carbocycles. The van der Waals surface area contributed by atoms with Crippen molar-refractivity contribution >= 4 is 11.8 Å². The number of piperazine rings is 1. The lowest BCUT2D eigenvalue weighted by molar-refractivity contribution is -0.158. The van der Waals surface area contributed by atoms with Gasteiger partial charge in [0.15, 0.2) is 0 Å². The third kappa shape index (κ3) is 2.66. The summed E-state index contributed by atoms with van der Waals surface area (Å²) in [6.07, 6.45) is -0.0908. The first-order chi connectivity index (χ1) is 8.21. The second-order valence-corrected chi connectivity index (χ2v) is 5.75. The topological polar surface area (TPSA) is 58.6 Å². The second kappa shape index (κ2) is 5.26. The van der Waals surface area contributed by atoms with Crippen LogP contribution in [0.5, 0.6) is 0 Å². The van der Waals surface area contributed by atoms with Crippen molar-refractivity contribution in [2.75, 3.05) is 13.7 Å². The van der Waals surface area contributed by atoms with E-state index < -0.39 is 11.6 Å². The number of hydrogen-bond acceptors (Lipinski definition) is 3. The number of ether oxygens (including phenoxy) is 1. The Bertz CT molecular complexity index is 339. The molecule has 0 aromatic rings. The summed E-state index contributed by atoms with van der Waals surface area (Å²) in [5.74, 6) is -0.0551. The fourth-order valence-electron chi connectivity index (χ4n) is 2.05. The molecular formula is C13H24N2O3. The average molecular weight is 256 g/mol. The minimum Gasteiger partial charge on any atom is -0.380 e. The lowest BCUT2D eigenvalue weighted by Crippen LogP contribution is -2.70. The maximum Gasteiger partial charge on any atom is 0.246 e. The Labute approximate surface area is 109 Å². The van der Waals surface area contributed by atoms with Gasteiger partial charge in [0, 0.05) is 13.7 Å². The van der Waals surface area contributed by atoms with Crippen molar-refractivity contribution < 1.29 is 14.3 Å². The van der Waals surface area contributed by atoms with Crippen LogP contribution in [0.1, 0.15) is 34.6 Å². The zero-order valence-electron chi connectivity index (χ0n) is 12.1. The number of rotatable bonds is 4. The molecular weight excluding hydrogens is 232 g/mol. The van der Waals surface area contributed by atoms with E-state index in [1.165, 1.54) is 0 Å². The molecule has 0 saturated carbocycles. The van der Waals surface area contributed by atoms with Crippen molar-refractivity contribution in [2.24, 2.45) is 5.92 Å². The molecule has 1 rings (SSSR count). The third-order valence-corrected chi connectivity index (χ3v) is 3.56. The lowest BCUT2D eigenvalue weighted by Gasteiger charge is -2.46. The van der Waals surface area contributed by atoms with Gasteiger partial charge in [-0.2, -0.15) is 0 Å². The van der Waals surface area contributed by atoms with E-state index in [2.05, 4.69) is 5.32 Å². The highest BCUT2D eigenvalue weighted by Crippen LogP contribution is 2.24. The lowest BCUT2D eigenvalue weighted by atomic mass is 9.91. The van der Waals surface area contributed by atoms with Crippen LogP contribution in [-0.4, -0.2) is 48.1 Å². The van der Waals surface area contributed by atoms with Crippen molar-refractivity contribution in [1.29, 1.82) is 0 Å². The van der Waals surface area contributed by atoms with E-state index in [-0.39, 0.29) is 23.8 Å². The van der Waals surface area contributed by atoms with E-state index >= 15 is 0 Å². The molecule has 2 atom stereocenters. The number of hydrogen-bond donors (Lipinski definition) is 1. The van der Waals surface area contributed by atoms with Gasteiger partial charge in [-0.05, 0) is 26.7 Å². The molecule has 0 aromatic heterocycles. The Hall–Kier alpha value is -1.10. The summed E-state index contributed by atoms with van der Waals surface area (Å²) in [4.78, 5) is 26.2. The minimum atomic E-state index is -0.824. The molecule has 18 heavy (non-hydrogen) atoms. The second-order valence-electron chi connectivity index (χ2n) is 5.75. The van der Waals surface area contributed by atoms with Crippen LogP contribution in [0.2, 0.25) is 0 Å². The first-order valence-corrected chi connectivity index (χ1v) is 6.37. The predicted molar refractivity (Wildman–Crippen MR) is 69.0 cm³/mol. The first kappa shape index (κ1) is 15.0. The van der Waals surface area contributed by atoms with E-state index in [4.69, 9.17) is 4.74 Å².